The minimum Gasteiger partial charge on any atom is -0.0584 e. The highest BCUT2D eigenvalue weighted by atomic mass is 14.1. The van der Waals surface area contributed by atoms with Gasteiger partial charge in [-0.1, -0.05) is 48.5 Å². The Morgan fingerprint density at radius 2 is 0.643 bits per heavy atom. The lowest BCUT2D eigenvalue weighted by atomic mass is 9.95. The maximum absolute atomic E-state index is 2.27. The highest BCUT2D eigenvalue weighted by molar-refractivity contribution is 5.90. The zero-order chi connectivity index (χ0) is 20.6. The quantitative estimate of drug-likeness (QED) is 0.294. The van der Waals surface area contributed by atoms with Crippen LogP contribution in [-0.2, 0) is 0 Å². The molecule has 0 saturated heterocycles. The molecule has 0 saturated carbocycles. The van der Waals surface area contributed by atoms with Gasteiger partial charge in [0.1, 0.15) is 0 Å². The Bertz CT molecular complexity index is 1040. The van der Waals surface area contributed by atoms with Crippen LogP contribution in [0.4, 0.5) is 0 Å². The average molecular weight is 369 g/mol. The molecule has 0 radical (unpaired) electrons. The smallest absolute Gasteiger partial charge is 0.0149 e. The molecule has 28 heavy (non-hydrogen) atoms. The fourth-order valence-electron chi connectivity index (χ4n) is 3.73. The maximum Gasteiger partial charge on any atom is -0.0149 e. The second kappa shape index (κ2) is 7.80. The van der Waals surface area contributed by atoms with Gasteiger partial charge in [0.05, 0.1) is 0 Å². The first-order chi connectivity index (χ1) is 13.2. The summed E-state index contributed by atoms with van der Waals surface area (Å²) < 4.78 is 0. The van der Waals surface area contributed by atoms with Gasteiger partial charge in [0, 0.05) is 0 Å². The standard InChI is InChI=1S/2C14H16/c1-9-5-13-7-11(3)12(4)8-14(13)6-10(9)2;1-9-5-7-14-12(4)10(2)6-8-13(14)11(9)3/h2*5-8H,1-4H3. The summed E-state index contributed by atoms with van der Waals surface area (Å²) in [5, 5.41) is 5.51. The number of aryl methyl sites for hydroxylation is 8. The molecule has 0 atom stereocenters. The lowest BCUT2D eigenvalue weighted by Crippen LogP contribution is -1.88. The fourth-order valence-corrected chi connectivity index (χ4v) is 3.73. The summed E-state index contributed by atoms with van der Waals surface area (Å²) in [7, 11) is 0. The van der Waals surface area contributed by atoms with Crippen LogP contribution in [-0.4, -0.2) is 0 Å². The van der Waals surface area contributed by atoms with Crippen molar-refractivity contribution in [3.05, 3.63) is 93.0 Å². The lowest BCUT2D eigenvalue weighted by molar-refractivity contribution is 1.34. The van der Waals surface area contributed by atoms with E-state index in [0.717, 1.165) is 0 Å². The summed E-state index contributed by atoms with van der Waals surface area (Å²) in [4.78, 5) is 0. The Morgan fingerprint density at radius 3 is 0.929 bits per heavy atom. The van der Waals surface area contributed by atoms with Crippen LogP contribution in [0.5, 0.6) is 0 Å². The number of benzene rings is 4. The van der Waals surface area contributed by atoms with E-state index in [1.54, 1.807) is 0 Å². The molecule has 4 aromatic rings. The van der Waals surface area contributed by atoms with Crippen molar-refractivity contribution in [2.45, 2.75) is 55.4 Å². The predicted octanol–water partition coefficient (Wildman–Crippen LogP) is 8.15. The van der Waals surface area contributed by atoms with Gasteiger partial charge in [-0.2, -0.15) is 0 Å². The summed E-state index contributed by atoms with van der Waals surface area (Å²) in [5.74, 6) is 0. The highest BCUT2D eigenvalue weighted by Gasteiger charge is 2.04. The van der Waals surface area contributed by atoms with Gasteiger partial charge in [0.2, 0.25) is 0 Å². The molecule has 0 spiro atoms. The number of hydrogen-bond donors (Lipinski definition) is 0. The van der Waals surface area contributed by atoms with E-state index in [2.05, 4.69) is 104 Å². The van der Waals surface area contributed by atoms with Crippen molar-refractivity contribution < 1.29 is 0 Å². The van der Waals surface area contributed by atoms with Crippen LogP contribution in [0.1, 0.15) is 44.5 Å². The number of rotatable bonds is 0. The molecule has 0 fully saturated rings. The zero-order valence-corrected chi connectivity index (χ0v) is 18.6. The van der Waals surface area contributed by atoms with E-state index in [0.29, 0.717) is 0 Å². The first-order valence-electron chi connectivity index (χ1n) is 10.1. The molecule has 0 bridgehead atoms. The van der Waals surface area contributed by atoms with Crippen molar-refractivity contribution in [3.8, 4) is 0 Å². The predicted molar refractivity (Wildman–Crippen MR) is 126 cm³/mol. The Labute approximate surface area is 170 Å². The highest BCUT2D eigenvalue weighted by Crippen LogP contribution is 2.26. The molecule has 0 aliphatic heterocycles. The third-order valence-corrected chi connectivity index (χ3v) is 6.35. The number of fused-ring (bicyclic) bond motifs is 2. The van der Waals surface area contributed by atoms with Gasteiger partial charge < -0.3 is 0 Å². The van der Waals surface area contributed by atoms with Gasteiger partial charge in [-0.05, 0) is 121 Å². The lowest BCUT2D eigenvalue weighted by Gasteiger charge is -2.09. The van der Waals surface area contributed by atoms with Crippen LogP contribution in [0.15, 0.2) is 48.5 Å². The zero-order valence-electron chi connectivity index (χ0n) is 18.6. The molecular weight excluding hydrogens is 336 g/mol. The summed E-state index contributed by atoms with van der Waals surface area (Å²) >= 11 is 0. The van der Waals surface area contributed by atoms with Gasteiger partial charge in [0.15, 0.2) is 0 Å². The average Bonchev–Trinajstić information content (AvgIpc) is 2.65. The second-order valence-corrected chi connectivity index (χ2v) is 8.33. The van der Waals surface area contributed by atoms with Crippen LogP contribution >= 0.6 is 0 Å². The minimum atomic E-state index is 1.36. The fraction of sp³-hybridized carbons (Fsp3) is 0.286. The minimum absolute atomic E-state index is 1.36. The SMILES string of the molecule is Cc1cc2cc(C)c(C)cc2cc1C.Cc1ccc2c(C)c(C)ccc2c1C. The molecule has 0 nitrogen and oxygen atoms in total. The Hall–Kier alpha value is -2.60. The molecule has 0 unspecified atom stereocenters. The van der Waals surface area contributed by atoms with E-state index in [1.807, 2.05) is 0 Å². The van der Waals surface area contributed by atoms with Gasteiger partial charge in [-0.15, -0.1) is 0 Å². The Kier molecular flexibility index (Phi) is 5.61. The van der Waals surface area contributed by atoms with Gasteiger partial charge >= 0.3 is 0 Å². The van der Waals surface area contributed by atoms with Gasteiger partial charge in [-0.25, -0.2) is 0 Å². The van der Waals surface area contributed by atoms with Crippen molar-refractivity contribution in [3.63, 3.8) is 0 Å². The summed E-state index contributed by atoms with van der Waals surface area (Å²) in [6.45, 7) is 17.4. The monoisotopic (exact) mass is 368 g/mol. The first-order valence-corrected chi connectivity index (χ1v) is 10.1. The van der Waals surface area contributed by atoms with E-state index in [9.17, 15) is 0 Å². The molecule has 4 aromatic carbocycles. The maximum atomic E-state index is 2.27. The van der Waals surface area contributed by atoms with Crippen molar-refractivity contribution in [2.75, 3.05) is 0 Å². The van der Waals surface area contributed by atoms with E-state index >= 15 is 0 Å². The molecular formula is C28H32. The van der Waals surface area contributed by atoms with Crippen LogP contribution in [0.3, 0.4) is 0 Å². The van der Waals surface area contributed by atoms with Crippen molar-refractivity contribution in [1.82, 2.24) is 0 Å². The third-order valence-electron chi connectivity index (χ3n) is 6.35. The molecule has 0 aliphatic carbocycles. The van der Waals surface area contributed by atoms with Crippen molar-refractivity contribution in [2.24, 2.45) is 0 Å². The molecule has 0 heteroatoms. The third kappa shape index (κ3) is 3.83. The normalized spacial score (nSPS) is 10.9. The van der Waals surface area contributed by atoms with Gasteiger partial charge in [0.25, 0.3) is 0 Å². The Balaban J connectivity index is 0.000000161. The van der Waals surface area contributed by atoms with Gasteiger partial charge in [-0.3, -0.25) is 0 Å². The molecule has 0 N–H and O–H groups in total. The topological polar surface area (TPSA) is 0 Å². The van der Waals surface area contributed by atoms with Crippen molar-refractivity contribution in [1.29, 1.82) is 0 Å². The molecule has 0 amide bonds. The summed E-state index contributed by atoms with van der Waals surface area (Å²) in [6, 6.07) is 18.0. The number of hydrogen-bond acceptors (Lipinski definition) is 0. The summed E-state index contributed by atoms with van der Waals surface area (Å²) in [5.41, 5.74) is 11.1. The second-order valence-electron chi connectivity index (χ2n) is 8.33. The molecule has 144 valence electrons. The molecule has 0 heterocycles. The molecule has 0 aliphatic rings. The molecule has 4 rings (SSSR count). The molecule has 0 aromatic heterocycles. The van der Waals surface area contributed by atoms with Crippen LogP contribution in [0.25, 0.3) is 21.5 Å². The Morgan fingerprint density at radius 1 is 0.357 bits per heavy atom. The van der Waals surface area contributed by atoms with E-state index < -0.39 is 0 Å². The van der Waals surface area contributed by atoms with Crippen LogP contribution in [0.2, 0.25) is 0 Å². The first kappa shape index (κ1) is 20.1. The summed E-state index contributed by atoms with van der Waals surface area (Å²) in [6.07, 6.45) is 0. The van der Waals surface area contributed by atoms with Crippen LogP contribution in [0, 0.1) is 55.4 Å². The van der Waals surface area contributed by atoms with E-state index in [4.69, 9.17) is 0 Å². The van der Waals surface area contributed by atoms with Crippen LogP contribution < -0.4 is 0 Å². The van der Waals surface area contributed by atoms with E-state index in [1.165, 1.54) is 66.1 Å². The largest absolute Gasteiger partial charge is 0.0584 e. The van der Waals surface area contributed by atoms with E-state index in [-0.39, 0.29) is 0 Å². The van der Waals surface area contributed by atoms with Crippen molar-refractivity contribution >= 4 is 21.5 Å².